The van der Waals surface area contributed by atoms with Gasteiger partial charge in [-0.2, -0.15) is 13.2 Å². The van der Waals surface area contributed by atoms with Crippen LogP contribution in [0, 0.1) is 13.8 Å². The molecule has 37 heavy (non-hydrogen) atoms. The van der Waals surface area contributed by atoms with Crippen LogP contribution in [0.4, 0.5) is 18.9 Å². The summed E-state index contributed by atoms with van der Waals surface area (Å²) in [7, 11) is 2.97. The van der Waals surface area contributed by atoms with Gasteiger partial charge in [-0.1, -0.05) is 12.1 Å². The van der Waals surface area contributed by atoms with E-state index in [2.05, 4.69) is 0 Å². The summed E-state index contributed by atoms with van der Waals surface area (Å²) in [6.45, 7) is 3.50. The first-order valence-corrected chi connectivity index (χ1v) is 11.3. The van der Waals surface area contributed by atoms with E-state index in [-0.39, 0.29) is 11.3 Å². The molecule has 4 rings (SSSR count). The molecule has 1 heterocycles. The molecule has 3 aromatic rings. The molecule has 1 N–H and O–H groups in total. The molecule has 9 heteroatoms. The van der Waals surface area contributed by atoms with E-state index < -0.39 is 35.2 Å². The highest BCUT2D eigenvalue weighted by atomic mass is 19.4. The molecule has 3 aromatic carbocycles. The molecule has 1 aliphatic heterocycles. The Labute approximate surface area is 211 Å². The van der Waals surface area contributed by atoms with Gasteiger partial charge in [-0.05, 0) is 79.1 Å². The normalized spacial score (nSPS) is 17.3. The lowest BCUT2D eigenvalue weighted by molar-refractivity contribution is -0.137. The van der Waals surface area contributed by atoms with Crippen molar-refractivity contribution in [1.82, 2.24) is 0 Å². The van der Waals surface area contributed by atoms with Crippen LogP contribution in [-0.4, -0.2) is 31.0 Å². The highest BCUT2D eigenvalue weighted by Crippen LogP contribution is 2.44. The number of Topliss-reactive ketones (excluding diaryl/α,β-unsaturated/α-hetero) is 1. The molecule has 1 aliphatic rings. The first-order valence-electron chi connectivity index (χ1n) is 11.3. The van der Waals surface area contributed by atoms with Crippen molar-refractivity contribution in [2.45, 2.75) is 26.1 Å². The molecule has 1 atom stereocenters. The standard InChI is InChI=1S/C28H24F3NO5/c1-15-13-22(37-4)16(2)12-21(15)25(33)23-24(17-6-5-7-20(14-17)36-3)32(27(35)26(23)34)19-10-8-18(9-11-19)28(29,30)31/h5-14,24,33H,1-4H3/b25-23+. The number of ketones is 1. The molecule has 0 bridgehead atoms. The molecule has 1 saturated heterocycles. The number of carbonyl (C=O) groups is 2. The second-order valence-electron chi connectivity index (χ2n) is 8.63. The lowest BCUT2D eigenvalue weighted by Gasteiger charge is -2.26. The fourth-order valence-electron chi connectivity index (χ4n) is 4.45. The number of alkyl halides is 3. The van der Waals surface area contributed by atoms with Gasteiger partial charge in [0.2, 0.25) is 0 Å². The average molecular weight is 511 g/mol. The molecule has 0 aromatic heterocycles. The number of methoxy groups -OCH3 is 2. The molecule has 0 spiro atoms. The third kappa shape index (κ3) is 4.64. The van der Waals surface area contributed by atoms with Crippen LogP contribution >= 0.6 is 0 Å². The minimum absolute atomic E-state index is 0.0737. The molecule has 192 valence electrons. The van der Waals surface area contributed by atoms with Crippen LogP contribution in [0.15, 0.2) is 66.2 Å². The molecule has 0 radical (unpaired) electrons. The number of aliphatic hydroxyl groups is 1. The zero-order valence-corrected chi connectivity index (χ0v) is 20.5. The van der Waals surface area contributed by atoms with Crippen LogP contribution in [0.3, 0.4) is 0 Å². The molecule has 1 fully saturated rings. The van der Waals surface area contributed by atoms with E-state index in [0.29, 0.717) is 33.8 Å². The zero-order valence-electron chi connectivity index (χ0n) is 20.5. The Kier molecular flexibility index (Phi) is 6.73. The molecule has 1 amide bonds. The van der Waals surface area contributed by atoms with Gasteiger partial charge in [-0.25, -0.2) is 0 Å². The van der Waals surface area contributed by atoms with Crippen molar-refractivity contribution < 1.29 is 37.3 Å². The summed E-state index contributed by atoms with van der Waals surface area (Å²) in [4.78, 5) is 27.7. The van der Waals surface area contributed by atoms with E-state index in [1.54, 1.807) is 50.2 Å². The number of hydrogen-bond donors (Lipinski definition) is 1. The Morgan fingerprint density at radius 1 is 0.919 bits per heavy atom. The number of benzene rings is 3. The molecule has 1 unspecified atom stereocenters. The maximum absolute atomic E-state index is 13.3. The van der Waals surface area contributed by atoms with Gasteiger partial charge in [-0.15, -0.1) is 0 Å². The largest absolute Gasteiger partial charge is 0.507 e. The summed E-state index contributed by atoms with van der Waals surface area (Å²) in [5.41, 5.74) is 1.06. The first-order chi connectivity index (χ1) is 17.5. The smallest absolute Gasteiger partial charge is 0.416 e. The van der Waals surface area contributed by atoms with Gasteiger partial charge in [0.25, 0.3) is 11.7 Å². The third-order valence-electron chi connectivity index (χ3n) is 6.32. The van der Waals surface area contributed by atoms with Crippen molar-refractivity contribution in [3.63, 3.8) is 0 Å². The number of halogens is 3. The number of carbonyl (C=O) groups excluding carboxylic acids is 2. The Balaban J connectivity index is 1.95. The topological polar surface area (TPSA) is 76.1 Å². The maximum Gasteiger partial charge on any atom is 0.416 e. The number of nitrogens with zero attached hydrogens (tertiary/aromatic N) is 1. The fraction of sp³-hybridized carbons (Fsp3) is 0.214. The van der Waals surface area contributed by atoms with E-state index in [4.69, 9.17) is 9.47 Å². The fourth-order valence-corrected chi connectivity index (χ4v) is 4.45. The van der Waals surface area contributed by atoms with Crippen LogP contribution < -0.4 is 14.4 Å². The van der Waals surface area contributed by atoms with Crippen LogP contribution in [0.1, 0.15) is 33.9 Å². The SMILES string of the molecule is COc1cccc(C2/C(=C(\O)c3cc(C)c(OC)cc3C)C(=O)C(=O)N2c2ccc(C(F)(F)F)cc2)c1. The zero-order chi connectivity index (χ0) is 27.1. The Hall–Kier alpha value is -4.27. The minimum Gasteiger partial charge on any atom is -0.507 e. The van der Waals surface area contributed by atoms with Gasteiger partial charge in [0.05, 0.1) is 31.4 Å². The second-order valence-corrected chi connectivity index (χ2v) is 8.63. The minimum atomic E-state index is -4.57. The first kappa shape index (κ1) is 25.8. The lowest BCUT2D eigenvalue weighted by Crippen LogP contribution is -2.29. The second kappa shape index (κ2) is 9.65. The summed E-state index contributed by atoms with van der Waals surface area (Å²) in [5.74, 6) is -1.31. The van der Waals surface area contributed by atoms with Gasteiger partial charge in [0.1, 0.15) is 17.3 Å². The Morgan fingerprint density at radius 3 is 2.19 bits per heavy atom. The van der Waals surface area contributed by atoms with Crippen molar-refractivity contribution >= 4 is 23.1 Å². The summed E-state index contributed by atoms with van der Waals surface area (Å²) >= 11 is 0. The van der Waals surface area contributed by atoms with E-state index in [1.165, 1.54) is 14.2 Å². The van der Waals surface area contributed by atoms with Gasteiger partial charge < -0.3 is 14.6 Å². The maximum atomic E-state index is 13.3. The van der Waals surface area contributed by atoms with E-state index in [1.807, 2.05) is 0 Å². The molecular weight excluding hydrogens is 487 g/mol. The van der Waals surface area contributed by atoms with Gasteiger partial charge in [0.15, 0.2) is 0 Å². The molecular formula is C28H24F3NO5. The van der Waals surface area contributed by atoms with Gasteiger partial charge in [0, 0.05) is 11.3 Å². The van der Waals surface area contributed by atoms with E-state index >= 15 is 0 Å². The quantitative estimate of drug-likeness (QED) is 0.260. The number of aliphatic hydroxyl groups excluding tert-OH is 1. The van der Waals surface area contributed by atoms with E-state index in [9.17, 15) is 27.9 Å². The number of anilines is 1. The average Bonchev–Trinajstić information content (AvgIpc) is 3.14. The van der Waals surface area contributed by atoms with Crippen molar-refractivity contribution in [2.24, 2.45) is 0 Å². The Morgan fingerprint density at radius 2 is 1.59 bits per heavy atom. The molecule has 6 nitrogen and oxygen atoms in total. The van der Waals surface area contributed by atoms with Crippen LogP contribution in [0.5, 0.6) is 11.5 Å². The van der Waals surface area contributed by atoms with Crippen molar-refractivity contribution in [2.75, 3.05) is 19.1 Å². The van der Waals surface area contributed by atoms with Gasteiger partial charge >= 0.3 is 6.18 Å². The summed E-state index contributed by atoms with van der Waals surface area (Å²) < 4.78 is 50.1. The molecule has 0 aliphatic carbocycles. The number of amides is 1. The van der Waals surface area contributed by atoms with Crippen molar-refractivity contribution in [3.8, 4) is 11.5 Å². The Bertz CT molecular complexity index is 1410. The third-order valence-corrected chi connectivity index (χ3v) is 6.32. The summed E-state index contributed by atoms with van der Waals surface area (Å²) in [5, 5.41) is 11.4. The highest BCUT2D eigenvalue weighted by Gasteiger charge is 2.47. The number of hydrogen-bond acceptors (Lipinski definition) is 5. The van der Waals surface area contributed by atoms with E-state index in [0.717, 1.165) is 29.2 Å². The highest BCUT2D eigenvalue weighted by molar-refractivity contribution is 6.51. The summed E-state index contributed by atoms with van der Waals surface area (Å²) in [6.07, 6.45) is -4.57. The number of ether oxygens (including phenoxy) is 2. The number of aryl methyl sites for hydroxylation is 2. The van der Waals surface area contributed by atoms with Crippen LogP contribution in [0.25, 0.3) is 5.76 Å². The van der Waals surface area contributed by atoms with Crippen LogP contribution in [-0.2, 0) is 15.8 Å². The number of rotatable bonds is 5. The predicted molar refractivity (Wildman–Crippen MR) is 132 cm³/mol. The molecule has 0 saturated carbocycles. The van der Waals surface area contributed by atoms with Crippen molar-refractivity contribution in [3.05, 3.63) is 94.1 Å². The predicted octanol–water partition coefficient (Wildman–Crippen LogP) is 5.97. The van der Waals surface area contributed by atoms with Gasteiger partial charge in [-0.3, -0.25) is 14.5 Å². The summed E-state index contributed by atoms with van der Waals surface area (Å²) in [6, 6.07) is 12.8. The lowest BCUT2D eigenvalue weighted by atomic mass is 9.93. The monoisotopic (exact) mass is 511 g/mol. The van der Waals surface area contributed by atoms with Crippen LogP contribution in [0.2, 0.25) is 0 Å². The van der Waals surface area contributed by atoms with Crippen molar-refractivity contribution in [1.29, 1.82) is 0 Å².